The molecular weight excluding hydrogens is 857 g/mol. The molecule has 5 fully saturated rings. The molecule has 1 N–H and O–H groups in total. The van der Waals surface area contributed by atoms with Crippen molar-refractivity contribution in [1.29, 1.82) is 5.26 Å². The number of fused-ring (bicyclic) bond motifs is 7. The molecule has 1 unspecified atom stereocenters. The third-order valence-electron chi connectivity index (χ3n) is 20.9. The van der Waals surface area contributed by atoms with Crippen molar-refractivity contribution < 1.29 is 22.4 Å². The van der Waals surface area contributed by atoms with Crippen molar-refractivity contribution in [1.82, 2.24) is 15.2 Å². The number of carbonyl (C=O) groups excluding carboxylic acids is 1. The van der Waals surface area contributed by atoms with Crippen LogP contribution in [0.25, 0.3) is 0 Å². The number of ether oxygens (including phenoxy) is 1. The minimum absolute atomic E-state index is 0.0155. The molecule has 2 heterocycles. The van der Waals surface area contributed by atoms with E-state index in [1.165, 1.54) is 68.1 Å². The number of hydrogen-bond donors (Lipinski definition) is 1. The summed E-state index contributed by atoms with van der Waals surface area (Å²) < 4.78 is 37.1. The number of sulfone groups is 1. The van der Waals surface area contributed by atoms with Crippen LogP contribution in [-0.2, 0) is 19.1 Å². The van der Waals surface area contributed by atoms with Gasteiger partial charge in [-0.1, -0.05) is 85.8 Å². The molecule has 0 radical (unpaired) electrons. The number of aromatic nitrogens is 1. The van der Waals surface area contributed by atoms with E-state index in [1.807, 2.05) is 0 Å². The van der Waals surface area contributed by atoms with Crippen molar-refractivity contribution >= 4 is 24.1 Å². The van der Waals surface area contributed by atoms with Crippen molar-refractivity contribution in [3.8, 4) is 11.9 Å². The van der Waals surface area contributed by atoms with E-state index in [9.17, 15) is 18.5 Å². The maximum atomic E-state index is 14.5. The standard InChI is InChI=1S/C55H84N4O5SSi/c1-38(2)41-20-27-55(57-30-31-59-32-34-65(61,62)35-33-59)29-28-52(9)43(47(41)55)16-17-45-51(8)23-21-42(50(6,7)44(51)22-24-53(45,52)10)39-18-25-54(26-19-39,48(60)64-66(11,12)49(3,4)5)37-63-46-15-13-14-40(36-56)58-46/h13-15,18,21,41,43-45,47,57H,1,16-17,19-20,22-35,37H2,2-12H3/q-1/t41-,43+,44-,45+,47+,51-,52+,53+,54?,55-/m0/s1. The maximum Gasteiger partial charge on any atom is 0.272 e. The van der Waals surface area contributed by atoms with Gasteiger partial charge in [0.1, 0.15) is 23.8 Å². The second-order valence-electron chi connectivity index (χ2n) is 25.4. The van der Waals surface area contributed by atoms with E-state index < -0.39 is 23.6 Å². The number of allylic oxidation sites excluding steroid dienone is 5. The van der Waals surface area contributed by atoms with Gasteiger partial charge < -0.3 is 19.4 Å². The third kappa shape index (κ3) is 8.33. The third-order valence-corrected chi connectivity index (χ3v) is 26.8. The van der Waals surface area contributed by atoms with Crippen molar-refractivity contribution in [3.05, 3.63) is 59.3 Å². The zero-order valence-electron chi connectivity index (χ0n) is 42.7. The Morgan fingerprint density at radius 2 is 1.68 bits per heavy atom. The van der Waals surface area contributed by atoms with Gasteiger partial charge in [-0.3, -0.25) is 4.79 Å². The Bertz CT molecular complexity index is 2280. The van der Waals surface area contributed by atoms with Crippen LogP contribution >= 0.6 is 0 Å². The highest BCUT2D eigenvalue weighted by Gasteiger charge is 2.70. The van der Waals surface area contributed by atoms with Gasteiger partial charge >= 0.3 is 0 Å². The molecule has 11 heteroatoms. The molecule has 0 amide bonds. The summed E-state index contributed by atoms with van der Waals surface area (Å²) in [5.74, 6) is 3.76. The molecule has 4 saturated carbocycles. The van der Waals surface area contributed by atoms with E-state index in [0.29, 0.717) is 67.1 Å². The molecule has 6 aliphatic carbocycles. The van der Waals surface area contributed by atoms with E-state index >= 15 is 0 Å². The molecule has 8 rings (SSSR count). The first-order chi connectivity index (χ1) is 30.8. The molecule has 9 nitrogen and oxygen atoms in total. The van der Waals surface area contributed by atoms with Gasteiger partial charge in [0.05, 0.1) is 11.5 Å². The van der Waals surface area contributed by atoms with E-state index in [0.717, 1.165) is 25.9 Å². The van der Waals surface area contributed by atoms with Gasteiger partial charge in [-0.25, -0.2) is 13.4 Å². The first-order valence-electron chi connectivity index (χ1n) is 25.7. The summed E-state index contributed by atoms with van der Waals surface area (Å²) in [5.41, 5.74) is 4.48. The highest BCUT2D eigenvalue weighted by molar-refractivity contribution is 7.91. The van der Waals surface area contributed by atoms with Gasteiger partial charge in [-0.15, -0.1) is 18.1 Å². The average Bonchev–Trinajstić information content (AvgIpc) is 3.63. The summed E-state index contributed by atoms with van der Waals surface area (Å²) in [6.45, 7) is 34.2. The molecule has 1 aromatic heterocycles. The van der Waals surface area contributed by atoms with Crippen molar-refractivity contribution in [2.75, 3.05) is 44.3 Å². The topological polar surface area (TPSA) is 122 Å². The number of nitrogens with zero attached hydrogens (tertiary/aromatic N) is 3. The monoisotopic (exact) mass is 941 g/mol. The molecule has 7 aliphatic rings. The molecule has 66 heavy (non-hydrogen) atoms. The lowest BCUT2D eigenvalue weighted by Crippen LogP contribution is -2.68. The van der Waals surface area contributed by atoms with Crippen molar-refractivity contribution in [2.24, 2.45) is 56.7 Å². The molecule has 1 aliphatic heterocycles. The average molecular weight is 941 g/mol. The number of nitriles is 1. The second kappa shape index (κ2) is 17.3. The van der Waals surface area contributed by atoms with Crippen LogP contribution in [0.2, 0.25) is 18.1 Å². The Labute approximate surface area is 400 Å². The summed E-state index contributed by atoms with van der Waals surface area (Å²) in [4.78, 5) is 21.2. The number of pyridine rings is 1. The summed E-state index contributed by atoms with van der Waals surface area (Å²) in [6.07, 6.45) is 18.1. The highest BCUT2D eigenvalue weighted by atomic mass is 32.2. The Kier molecular flexibility index (Phi) is 13.0. The SMILES string of the molecule is C=C(C)[C@@H]1CC[C@]2(NCCN3CCS(=O)(=O)CC3)CC[C@]3(C)[C@H](CC[C@@H]4[C@@]5(C)CC=C(C6=CCC(COc7cccc(C#N)n7)(C(=O)O[Si-](C)(C)C(C)(C)C)CC6)C(C)(C)[C@@H]5CC[C@]43C)[C@@H]12. The first kappa shape index (κ1) is 49.6. The van der Waals surface area contributed by atoms with Crippen LogP contribution in [-0.4, -0.2) is 82.4 Å². The van der Waals surface area contributed by atoms with Gasteiger partial charge in [0.25, 0.3) is 5.97 Å². The van der Waals surface area contributed by atoms with E-state index in [-0.39, 0.29) is 56.3 Å². The fraction of sp³-hybridized carbons (Fsp3) is 0.764. The molecule has 365 valence electrons. The first-order valence-corrected chi connectivity index (χ1v) is 30.5. The number of hydrogen-bond acceptors (Lipinski definition) is 9. The molecular formula is C55H84N4O5SSi-. The van der Waals surface area contributed by atoms with E-state index in [4.69, 9.17) is 9.16 Å². The van der Waals surface area contributed by atoms with Gasteiger partial charge in [-0.05, 0) is 152 Å². The summed E-state index contributed by atoms with van der Waals surface area (Å²) in [6, 6.07) is 7.31. The van der Waals surface area contributed by atoms with Gasteiger partial charge in [0.2, 0.25) is 5.88 Å². The van der Waals surface area contributed by atoms with Crippen LogP contribution in [0.15, 0.2) is 53.6 Å². The summed E-state index contributed by atoms with van der Waals surface area (Å²) >= 11 is 0. The van der Waals surface area contributed by atoms with Gasteiger partial charge in [-0.2, -0.15) is 5.26 Å². The van der Waals surface area contributed by atoms with Gasteiger partial charge in [0.15, 0.2) is 9.84 Å². The Morgan fingerprint density at radius 3 is 2.33 bits per heavy atom. The van der Waals surface area contributed by atoms with Gasteiger partial charge in [0, 0.05) is 46.1 Å². The second-order valence-corrected chi connectivity index (χ2v) is 32.5. The number of rotatable bonds is 11. The van der Waals surface area contributed by atoms with Crippen LogP contribution in [0, 0.1) is 68.0 Å². The smallest absolute Gasteiger partial charge is 0.272 e. The minimum atomic E-state index is -2.88. The molecule has 10 atom stereocenters. The molecule has 1 aromatic rings. The van der Waals surface area contributed by atoms with Crippen LogP contribution in [0.3, 0.4) is 0 Å². The van der Waals surface area contributed by atoms with Crippen molar-refractivity contribution in [3.63, 3.8) is 0 Å². The van der Waals surface area contributed by atoms with Crippen molar-refractivity contribution in [2.45, 2.75) is 163 Å². The van der Waals surface area contributed by atoms with Crippen LogP contribution in [0.1, 0.15) is 145 Å². The predicted molar refractivity (Wildman–Crippen MR) is 268 cm³/mol. The maximum absolute atomic E-state index is 14.5. The summed E-state index contributed by atoms with van der Waals surface area (Å²) in [5, 5.41) is 13.6. The van der Waals surface area contributed by atoms with E-state index in [2.05, 4.69) is 115 Å². The molecule has 0 bridgehead atoms. The largest absolute Gasteiger partial charge is 0.663 e. The zero-order valence-corrected chi connectivity index (χ0v) is 44.5. The quantitative estimate of drug-likeness (QED) is 0.171. The number of carbonyl (C=O) groups is 1. The Balaban J connectivity index is 1.02. The fourth-order valence-electron chi connectivity index (χ4n) is 15.8. The molecule has 0 spiro atoms. The zero-order chi connectivity index (χ0) is 47.9. The molecule has 1 saturated heterocycles. The van der Waals surface area contributed by atoms with E-state index in [1.54, 1.807) is 18.2 Å². The van der Waals surface area contributed by atoms with Crippen LogP contribution in [0.4, 0.5) is 0 Å². The predicted octanol–water partition coefficient (Wildman–Crippen LogP) is 11.2. The fourth-order valence-corrected chi connectivity index (χ4v) is 18.1. The lowest BCUT2D eigenvalue weighted by molar-refractivity contribution is -0.221. The summed E-state index contributed by atoms with van der Waals surface area (Å²) in [7, 11) is -5.30. The Morgan fingerprint density at radius 1 is 0.955 bits per heavy atom. The van der Waals surface area contributed by atoms with Crippen LogP contribution in [0.5, 0.6) is 5.88 Å². The molecule has 0 aromatic carbocycles. The van der Waals surface area contributed by atoms with Crippen LogP contribution < -0.4 is 10.1 Å². The minimum Gasteiger partial charge on any atom is -0.663 e. The lowest BCUT2D eigenvalue weighted by Gasteiger charge is -2.72. The normalized spacial score (nSPS) is 38.5. The number of nitrogens with one attached hydrogen (secondary N) is 1. The highest BCUT2D eigenvalue weighted by Crippen LogP contribution is 2.76. The lowest BCUT2D eigenvalue weighted by atomic mass is 9.33. The Hall–Kier alpha value is -2.78.